The maximum Gasteiger partial charge on any atom is 0.356 e. The van der Waals surface area contributed by atoms with Gasteiger partial charge in [0.15, 0.2) is 5.69 Å². The number of carbonyl (C=O) groups is 1. The third-order valence-corrected chi connectivity index (χ3v) is 3.18. The van der Waals surface area contributed by atoms with Gasteiger partial charge in [0.25, 0.3) is 0 Å². The lowest BCUT2D eigenvalue weighted by molar-refractivity contribution is 0.0594. The number of hydrogen-bond donors (Lipinski definition) is 1. The molecule has 0 amide bonds. The Balaban J connectivity index is 2.42. The lowest BCUT2D eigenvalue weighted by Crippen LogP contribution is -2.07. The van der Waals surface area contributed by atoms with Crippen molar-refractivity contribution in [2.24, 2.45) is 0 Å². The van der Waals surface area contributed by atoms with E-state index in [1.54, 1.807) is 12.1 Å². The average molecular weight is 317 g/mol. The molecule has 0 aliphatic heterocycles. The molecule has 0 fully saturated rings. The minimum Gasteiger partial charge on any atom is -0.464 e. The van der Waals surface area contributed by atoms with Gasteiger partial charge in [0.2, 0.25) is 5.28 Å². The Morgan fingerprint density at radius 2 is 1.91 bits per heavy atom. The van der Waals surface area contributed by atoms with E-state index in [4.69, 9.17) is 16.9 Å². The van der Waals surface area contributed by atoms with Crippen molar-refractivity contribution in [3.63, 3.8) is 0 Å². The predicted molar refractivity (Wildman–Crippen MR) is 82.3 cm³/mol. The van der Waals surface area contributed by atoms with Crippen molar-refractivity contribution in [2.75, 3.05) is 12.4 Å². The first kappa shape index (κ1) is 15.7. The highest BCUT2D eigenvalue weighted by atomic mass is 35.5. The molecule has 0 saturated carbocycles. The van der Waals surface area contributed by atoms with Crippen LogP contribution in [0.2, 0.25) is 5.28 Å². The molecule has 7 heteroatoms. The number of ether oxygens (including phenoxy) is 1. The van der Waals surface area contributed by atoms with Crippen LogP contribution in [0.1, 0.15) is 27.2 Å². The van der Waals surface area contributed by atoms with Crippen LogP contribution in [0, 0.1) is 25.2 Å². The number of nitrogens with zero attached hydrogens (tertiary/aromatic N) is 3. The zero-order chi connectivity index (χ0) is 16.3. The standard InChI is InChI=1S/C15H13ClN4O2/c1-8-4-10(7-17)5-9(2)13(8)19-12-6-11(14(21)22-3)18-15(16)20-12/h4-6H,1-3H3,(H,18,19,20). The molecule has 0 radical (unpaired) electrons. The molecule has 0 unspecified atom stereocenters. The number of methoxy groups -OCH3 is 1. The van der Waals surface area contributed by atoms with E-state index in [0.29, 0.717) is 11.4 Å². The molecule has 1 N–H and O–H groups in total. The summed E-state index contributed by atoms with van der Waals surface area (Å²) >= 11 is 5.83. The molecule has 6 nitrogen and oxygen atoms in total. The maximum atomic E-state index is 11.6. The van der Waals surface area contributed by atoms with E-state index in [-0.39, 0.29) is 11.0 Å². The quantitative estimate of drug-likeness (QED) is 0.691. The number of carbonyl (C=O) groups excluding carboxylic acids is 1. The lowest BCUT2D eigenvalue weighted by Gasteiger charge is -2.13. The minimum atomic E-state index is -0.597. The highest BCUT2D eigenvalue weighted by Crippen LogP contribution is 2.26. The zero-order valence-corrected chi connectivity index (χ0v) is 13.0. The van der Waals surface area contributed by atoms with Crippen molar-refractivity contribution in [3.8, 4) is 6.07 Å². The number of aryl methyl sites for hydroxylation is 2. The number of aromatic nitrogens is 2. The molecule has 2 aromatic rings. The molecule has 1 heterocycles. The van der Waals surface area contributed by atoms with Gasteiger partial charge in [-0.25, -0.2) is 14.8 Å². The van der Waals surface area contributed by atoms with E-state index in [2.05, 4.69) is 26.1 Å². The second-order valence-corrected chi connectivity index (χ2v) is 4.96. The van der Waals surface area contributed by atoms with Crippen LogP contribution >= 0.6 is 11.6 Å². The van der Waals surface area contributed by atoms with Crippen LogP contribution in [-0.4, -0.2) is 23.0 Å². The highest BCUT2D eigenvalue weighted by molar-refractivity contribution is 6.28. The van der Waals surface area contributed by atoms with E-state index >= 15 is 0 Å². The Hall–Kier alpha value is -2.65. The number of nitrogens with one attached hydrogen (secondary N) is 1. The third-order valence-electron chi connectivity index (χ3n) is 3.01. The van der Waals surface area contributed by atoms with E-state index in [0.717, 1.165) is 16.8 Å². The molecule has 0 spiro atoms. The van der Waals surface area contributed by atoms with Crippen LogP contribution in [0.3, 0.4) is 0 Å². The normalized spacial score (nSPS) is 9.95. The minimum absolute atomic E-state index is 0.0608. The number of nitriles is 1. The largest absolute Gasteiger partial charge is 0.464 e. The molecular weight excluding hydrogens is 304 g/mol. The van der Waals surface area contributed by atoms with Crippen LogP contribution in [0.4, 0.5) is 11.5 Å². The number of benzene rings is 1. The first-order valence-corrected chi connectivity index (χ1v) is 6.73. The van der Waals surface area contributed by atoms with Gasteiger partial charge in [0.1, 0.15) is 5.82 Å². The Labute approximate surface area is 132 Å². The van der Waals surface area contributed by atoms with Crippen molar-refractivity contribution >= 4 is 29.1 Å². The molecule has 0 aliphatic carbocycles. The van der Waals surface area contributed by atoms with Crippen LogP contribution in [0.15, 0.2) is 18.2 Å². The van der Waals surface area contributed by atoms with Gasteiger partial charge in [-0.2, -0.15) is 5.26 Å². The molecular formula is C15H13ClN4O2. The highest BCUT2D eigenvalue weighted by Gasteiger charge is 2.13. The van der Waals surface area contributed by atoms with E-state index in [1.165, 1.54) is 13.2 Å². The molecule has 22 heavy (non-hydrogen) atoms. The Kier molecular flexibility index (Phi) is 4.59. The van der Waals surface area contributed by atoms with Crippen LogP contribution in [0.5, 0.6) is 0 Å². The van der Waals surface area contributed by atoms with Gasteiger partial charge in [-0.15, -0.1) is 0 Å². The SMILES string of the molecule is COC(=O)c1cc(Nc2c(C)cc(C#N)cc2C)nc(Cl)n1. The van der Waals surface area contributed by atoms with Crippen LogP contribution in [-0.2, 0) is 4.74 Å². The fourth-order valence-corrected chi connectivity index (χ4v) is 2.23. The molecule has 1 aromatic carbocycles. The van der Waals surface area contributed by atoms with Crippen LogP contribution < -0.4 is 5.32 Å². The summed E-state index contributed by atoms with van der Waals surface area (Å²) in [5, 5.41) is 12.0. The predicted octanol–water partition coefficient (Wildman–Crippen LogP) is 3.15. The molecule has 0 saturated heterocycles. The first-order valence-electron chi connectivity index (χ1n) is 6.36. The summed E-state index contributed by atoms with van der Waals surface area (Å²) in [5.74, 6) is -0.225. The van der Waals surface area contributed by atoms with E-state index in [1.807, 2.05) is 13.8 Å². The molecule has 112 valence electrons. The smallest absolute Gasteiger partial charge is 0.356 e. The molecule has 0 atom stereocenters. The second-order valence-electron chi connectivity index (χ2n) is 4.62. The van der Waals surface area contributed by atoms with E-state index in [9.17, 15) is 4.79 Å². The summed E-state index contributed by atoms with van der Waals surface area (Å²) < 4.78 is 4.62. The summed E-state index contributed by atoms with van der Waals surface area (Å²) in [7, 11) is 1.26. The fourth-order valence-electron chi connectivity index (χ4n) is 2.04. The Morgan fingerprint density at radius 3 is 2.45 bits per heavy atom. The number of anilines is 2. The summed E-state index contributed by atoms with van der Waals surface area (Å²) in [4.78, 5) is 19.4. The molecule has 1 aromatic heterocycles. The van der Waals surface area contributed by atoms with Gasteiger partial charge in [-0.1, -0.05) is 0 Å². The van der Waals surface area contributed by atoms with Crippen molar-refractivity contribution in [1.29, 1.82) is 5.26 Å². The monoisotopic (exact) mass is 316 g/mol. The van der Waals surface area contributed by atoms with Crippen molar-refractivity contribution in [1.82, 2.24) is 9.97 Å². The lowest BCUT2D eigenvalue weighted by atomic mass is 10.0. The first-order chi connectivity index (χ1) is 10.4. The fraction of sp³-hybridized carbons (Fsp3) is 0.200. The molecule has 0 aliphatic rings. The van der Waals surface area contributed by atoms with Gasteiger partial charge < -0.3 is 10.1 Å². The molecule has 2 rings (SSSR count). The van der Waals surface area contributed by atoms with E-state index < -0.39 is 5.97 Å². The van der Waals surface area contributed by atoms with Gasteiger partial charge >= 0.3 is 5.97 Å². The average Bonchev–Trinajstić information content (AvgIpc) is 2.49. The van der Waals surface area contributed by atoms with Crippen LogP contribution in [0.25, 0.3) is 0 Å². The summed E-state index contributed by atoms with van der Waals surface area (Å²) in [6, 6.07) is 7.08. The summed E-state index contributed by atoms with van der Waals surface area (Å²) in [6.45, 7) is 3.75. The second kappa shape index (κ2) is 6.41. The van der Waals surface area contributed by atoms with Crippen molar-refractivity contribution < 1.29 is 9.53 Å². The number of hydrogen-bond acceptors (Lipinski definition) is 6. The topological polar surface area (TPSA) is 87.9 Å². The Morgan fingerprint density at radius 1 is 1.27 bits per heavy atom. The maximum absolute atomic E-state index is 11.6. The van der Waals surface area contributed by atoms with Gasteiger partial charge in [0, 0.05) is 11.8 Å². The Bertz CT molecular complexity index is 761. The van der Waals surface area contributed by atoms with Gasteiger partial charge in [0.05, 0.1) is 18.7 Å². The molecule has 0 bridgehead atoms. The number of esters is 1. The van der Waals surface area contributed by atoms with Crippen molar-refractivity contribution in [3.05, 3.63) is 45.9 Å². The van der Waals surface area contributed by atoms with Crippen molar-refractivity contribution in [2.45, 2.75) is 13.8 Å². The zero-order valence-electron chi connectivity index (χ0n) is 12.3. The van der Waals surface area contributed by atoms with Gasteiger partial charge in [-0.05, 0) is 48.7 Å². The number of halogens is 1. The van der Waals surface area contributed by atoms with Gasteiger partial charge in [-0.3, -0.25) is 0 Å². The number of rotatable bonds is 3. The summed E-state index contributed by atoms with van der Waals surface area (Å²) in [6.07, 6.45) is 0. The third kappa shape index (κ3) is 3.32. The summed E-state index contributed by atoms with van der Waals surface area (Å²) in [5.41, 5.74) is 3.20.